The monoisotopic (exact) mass is 410 g/mol. The average Bonchev–Trinajstić information content (AvgIpc) is 2.66. The Morgan fingerprint density at radius 2 is 1.24 bits per heavy atom. The van der Waals surface area contributed by atoms with Crippen LogP contribution in [0.1, 0.15) is 11.7 Å². The Hall–Kier alpha value is -3.66. The number of nitrogens with zero attached hydrogens (tertiary/aromatic N) is 2. The Morgan fingerprint density at radius 1 is 0.724 bits per heavy atom. The van der Waals surface area contributed by atoms with E-state index in [1.165, 1.54) is 0 Å². The molecule has 0 fully saturated rings. The van der Waals surface area contributed by atoms with Crippen LogP contribution in [0.4, 0.5) is 35.1 Å². The zero-order valence-corrected chi connectivity index (χ0v) is 13.6. The predicted molar refractivity (Wildman–Crippen MR) is 83.0 cm³/mol. The van der Waals surface area contributed by atoms with E-state index in [-0.39, 0.29) is 6.07 Å². The van der Waals surface area contributed by atoms with E-state index in [1.807, 2.05) is 0 Å². The fourth-order valence-electron chi connectivity index (χ4n) is 3.58. The zero-order valence-electron chi connectivity index (χ0n) is 13.6. The van der Waals surface area contributed by atoms with Gasteiger partial charge in [-0.25, -0.2) is 35.1 Å². The first-order valence-corrected chi connectivity index (χ1v) is 7.64. The molecule has 0 saturated carbocycles. The average molecular weight is 410 g/mol. The van der Waals surface area contributed by atoms with E-state index in [4.69, 9.17) is 10.5 Å². The van der Waals surface area contributed by atoms with Crippen LogP contribution in [0.3, 0.4) is 0 Å². The van der Waals surface area contributed by atoms with Crippen LogP contribution in [0.15, 0.2) is 17.2 Å². The molecule has 1 aliphatic carbocycles. The van der Waals surface area contributed by atoms with Crippen molar-refractivity contribution < 1.29 is 35.1 Å². The third-order valence-electron chi connectivity index (χ3n) is 4.74. The smallest absolute Gasteiger partial charge is 0.170 e. The molecule has 3 aromatic rings. The molecule has 0 radical (unpaired) electrons. The minimum absolute atomic E-state index is 0.0188. The molecule has 29 heavy (non-hydrogen) atoms. The summed E-state index contributed by atoms with van der Waals surface area (Å²) < 4.78 is 116. The van der Waals surface area contributed by atoms with E-state index >= 15 is 0 Å². The van der Waals surface area contributed by atoms with E-state index < -0.39 is 90.4 Å². The van der Waals surface area contributed by atoms with Gasteiger partial charge in [-0.1, -0.05) is 0 Å². The number of benzene rings is 3. The van der Waals surface area contributed by atoms with Crippen LogP contribution in [0.25, 0.3) is 27.4 Å². The first kappa shape index (κ1) is 18.7. The lowest BCUT2D eigenvalue weighted by Gasteiger charge is -2.23. The molecule has 2 nitrogen and oxygen atoms in total. The van der Waals surface area contributed by atoms with Crippen molar-refractivity contribution >= 4 is 27.4 Å². The molecule has 1 aliphatic rings. The van der Waals surface area contributed by atoms with Crippen molar-refractivity contribution in [1.29, 1.82) is 10.5 Å². The Balaban J connectivity index is 2.53. The molecule has 0 amide bonds. The number of allylic oxidation sites excluding steroid dienone is 2. The van der Waals surface area contributed by atoms with Gasteiger partial charge in [0.1, 0.15) is 35.2 Å². The van der Waals surface area contributed by atoms with Gasteiger partial charge >= 0.3 is 0 Å². The lowest BCUT2D eigenvalue weighted by atomic mass is 9.83. The Bertz CT molecular complexity index is 1420. The maximum Gasteiger partial charge on any atom is 0.170 e. The fraction of sp³-hybridized carbons (Fsp3) is 0.0526. The summed E-state index contributed by atoms with van der Waals surface area (Å²) in [5.74, 6) is -13.7. The van der Waals surface area contributed by atoms with Crippen molar-refractivity contribution in [3.8, 4) is 12.1 Å². The molecular weight excluding hydrogens is 408 g/mol. The highest BCUT2D eigenvalue weighted by atomic mass is 19.2. The van der Waals surface area contributed by atoms with Crippen LogP contribution in [-0.2, 0) is 0 Å². The molecule has 10 heteroatoms. The molecule has 0 aromatic heterocycles. The summed E-state index contributed by atoms with van der Waals surface area (Å²) in [7, 11) is 0. The van der Waals surface area contributed by atoms with E-state index in [0.29, 0.717) is 0 Å². The number of alkyl halides is 1. The summed E-state index contributed by atoms with van der Waals surface area (Å²) in [4.78, 5) is 0. The molecule has 0 heterocycles. The van der Waals surface area contributed by atoms with E-state index in [1.54, 1.807) is 0 Å². The largest absolute Gasteiger partial charge is 0.237 e. The maximum absolute atomic E-state index is 15.0. The fourth-order valence-corrected chi connectivity index (χ4v) is 3.58. The molecule has 0 bridgehead atoms. The maximum atomic E-state index is 15.0. The quantitative estimate of drug-likeness (QED) is 0.387. The highest BCUT2D eigenvalue weighted by Gasteiger charge is 2.39. The molecule has 0 spiro atoms. The van der Waals surface area contributed by atoms with Crippen molar-refractivity contribution in [1.82, 2.24) is 0 Å². The molecular formula is C19H2F8N2. The van der Waals surface area contributed by atoms with Gasteiger partial charge < -0.3 is 0 Å². The highest BCUT2D eigenvalue weighted by molar-refractivity contribution is 6.14. The summed E-state index contributed by atoms with van der Waals surface area (Å²) in [5, 5.41) is 11.4. The summed E-state index contributed by atoms with van der Waals surface area (Å²) in [5.41, 5.74) is -4.09. The summed E-state index contributed by atoms with van der Waals surface area (Å²) >= 11 is 0. The number of hydrogen-bond acceptors (Lipinski definition) is 2. The molecule has 1 unspecified atom stereocenters. The van der Waals surface area contributed by atoms with Gasteiger partial charge in [0.2, 0.25) is 0 Å². The van der Waals surface area contributed by atoms with Crippen LogP contribution >= 0.6 is 0 Å². The number of hydrogen-bond donors (Lipinski definition) is 0. The van der Waals surface area contributed by atoms with Gasteiger partial charge in [-0.3, -0.25) is 0 Å². The van der Waals surface area contributed by atoms with Crippen LogP contribution in [0.2, 0.25) is 0 Å². The topological polar surface area (TPSA) is 47.6 Å². The first-order valence-electron chi connectivity index (χ1n) is 7.64. The molecule has 4 rings (SSSR count). The molecule has 3 aromatic carbocycles. The first-order chi connectivity index (χ1) is 13.7. The molecule has 0 saturated heterocycles. The number of nitriles is 2. The van der Waals surface area contributed by atoms with Gasteiger partial charge in [-0.15, -0.1) is 0 Å². The lowest BCUT2D eigenvalue weighted by molar-refractivity contribution is 0.374. The van der Waals surface area contributed by atoms with Gasteiger partial charge in [0.25, 0.3) is 0 Å². The summed E-state index contributed by atoms with van der Waals surface area (Å²) in [6, 6.07) is 2.23. The standard InChI is InChI=1S/C19H2F8N2/c20-5-1-6(21)9-10-8(5)16(24)18(26)12-11(10)13(19(27)17(9)25)15(23)7(14(12)22)4(2-28)3-29/h1,14H. The Kier molecular flexibility index (Phi) is 3.81. The molecule has 0 N–H and O–H groups in total. The third kappa shape index (κ3) is 2.08. The second-order valence-electron chi connectivity index (χ2n) is 6.07. The minimum Gasteiger partial charge on any atom is -0.237 e. The normalized spacial score (nSPS) is 15.7. The second-order valence-corrected chi connectivity index (χ2v) is 6.07. The summed E-state index contributed by atoms with van der Waals surface area (Å²) in [6.45, 7) is 0. The third-order valence-corrected chi connectivity index (χ3v) is 4.74. The molecule has 0 aliphatic heterocycles. The Labute approximate surface area is 155 Å². The van der Waals surface area contributed by atoms with Crippen molar-refractivity contribution in [2.45, 2.75) is 6.17 Å². The Morgan fingerprint density at radius 3 is 1.76 bits per heavy atom. The van der Waals surface area contributed by atoms with E-state index in [2.05, 4.69) is 0 Å². The molecule has 144 valence electrons. The van der Waals surface area contributed by atoms with E-state index in [0.717, 1.165) is 12.1 Å². The van der Waals surface area contributed by atoms with Crippen LogP contribution in [0, 0.1) is 57.6 Å². The SMILES string of the molecule is N#CC(C#N)=C1C(F)=c2c(F)c(F)c3c(F)cc(F)c4c(F)c(F)c(c2c43)C1F. The van der Waals surface area contributed by atoms with Crippen molar-refractivity contribution in [3.05, 3.63) is 62.9 Å². The van der Waals surface area contributed by atoms with Crippen LogP contribution < -0.4 is 5.22 Å². The van der Waals surface area contributed by atoms with Crippen molar-refractivity contribution in [2.24, 2.45) is 0 Å². The van der Waals surface area contributed by atoms with Gasteiger partial charge in [0.05, 0.1) is 21.6 Å². The van der Waals surface area contributed by atoms with E-state index in [9.17, 15) is 35.1 Å². The number of rotatable bonds is 0. The summed E-state index contributed by atoms with van der Waals surface area (Å²) in [6.07, 6.45) is -3.00. The van der Waals surface area contributed by atoms with Gasteiger partial charge in [-0.2, -0.15) is 10.5 Å². The highest BCUT2D eigenvalue weighted by Crippen LogP contribution is 2.46. The second kappa shape index (κ2) is 5.92. The van der Waals surface area contributed by atoms with Crippen molar-refractivity contribution in [3.63, 3.8) is 0 Å². The van der Waals surface area contributed by atoms with Gasteiger partial charge in [0.15, 0.2) is 29.4 Å². The number of halogens is 8. The lowest BCUT2D eigenvalue weighted by Crippen LogP contribution is -2.25. The molecule has 1 atom stereocenters. The zero-order chi connectivity index (χ0) is 21.4. The van der Waals surface area contributed by atoms with Crippen LogP contribution in [-0.4, -0.2) is 0 Å². The van der Waals surface area contributed by atoms with Crippen molar-refractivity contribution in [2.75, 3.05) is 0 Å². The van der Waals surface area contributed by atoms with Crippen LogP contribution in [0.5, 0.6) is 0 Å². The van der Waals surface area contributed by atoms with Gasteiger partial charge in [0, 0.05) is 22.4 Å². The van der Waals surface area contributed by atoms with Gasteiger partial charge in [-0.05, 0) is 0 Å². The predicted octanol–water partition coefficient (Wildman–Crippen LogP) is 4.99. The minimum atomic E-state index is -3.00.